The van der Waals surface area contributed by atoms with Crippen LogP contribution in [0.15, 0.2) is 0 Å². The lowest BCUT2D eigenvalue weighted by Gasteiger charge is -2.24. The van der Waals surface area contributed by atoms with Gasteiger partial charge in [-0.25, -0.2) is 8.42 Å². The molecule has 0 aromatic carbocycles. The fourth-order valence-corrected chi connectivity index (χ4v) is 1.81. The molecule has 0 aromatic heterocycles. The predicted octanol–water partition coefficient (Wildman–Crippen LogP) is 0.739. The first-order valence-electron chi connectivity index (χ1n) is 5.65. The standard InChI is InChI=1S/C11H26N2O2S/c1-10(16(6,14)15)9-13(5)8-7-12-11(2,3)4/h10,12H,7-9H2,1-6H3. The molecule has 0 saturated heterocycles. The van der Waals surface area contributed by atoms with E-state index < -0.39 is 9.84 Å². The van der Waals surface area contributed by atoms with Gasteiger partial charge in [-0.05, 0) is 34.7 Å². The van der Waals surface area contributed by atoms with Gasteiger partial charge in [0.2, 0.25) is 0 Å². The Morgan fingerprint density at radius 1 is 1.31 bits per heavy atom. The van der Waals surface area contributed by atoms with E-state index in [1.54, 1.807) is 6.92 Å². The fourth-order valence-electron chi connectivity index (χ4n) is 1.29. The summed E-state index contributed by atoms with van der Waals surface area (Å²) in [4.78, 5) is 2.05. The lowest BCUT2D eigenvalue weighted by molar-refractivity contribution is 0.310. The largest absolute Gasteiger partial charge is 0.311 e. The lowest BCUT2D eigenvalue weighted by atomic mass is 10.1. The number of hydrogen-bond donors (Lipinski definition) is 1. The Morgan fingerprint density at radius 2 is 1.81 bits per heavy atom. The zero-order chi connectivity index (χ0) is 13.0. The molecular formula is C11H26N2O2S. The quantitative estimate of drug-likeness (QED) is 0.755. The molecule has 0 bridgehead atoms. The van der Waals surface area contributed by atoms with Crippen LogP contribution in [-0.4, -0.2) is 57.0 Å². The maximum Gasteiger partial charge on any atom is 0.151 e. The highest BCUT2D eigenvalue weighted by Crippen LogP contribution is 2.01. The number of nitrogens with one attached hydrogen (secondary N) is 1. The molecule has 0 aliphatic carbocycles. The molecule has 5 heteroatoms. The van der Waals surface area contributed by atoms with Gasteiger partial charge in [0.1, 0.15) is 0 Å². The van der Waals surface area contributed by atoms with Crippen molar-refractivity contribution in [2.24, 2.45) is 0 Å². The number of rotatable bonds is 6. The van der Waals surface area contributed by atoms with E-state index in [0.717, 1.165) is 13.1 Å². The molecule has 1 atom stereocenters. The van der Waals surface area contributed by atoms with Gasteiger partial charge in [-0.2, -0.15) is 0 Å². The van der Waals surface area contributed by atoms with Gasteiger partial charge < -0.3 is 10.2 Å². The van der Waals surface area contributed by atoms with Crippen molar-refractivity contribution in [2.75, 3.05) is 32.9 Å². The third-order valence-corrected chi connectivity index (χ3v) is 4.06. The molecule has 0 aliphatic rings. The van der Waals surface area contributed by atoms with Crippen molar-refractivity contribution in [3.05, 3.63) is 0 Å². The van der Waals surface area contributed by atoms with Crippen LogP contribution in [0, 0.1) is 0 Å². The van der Waals surface area contributed by atoms with E-state index in [0.29, 0.717) is 6.54 Å². The summed E-state index contributed by atoms with van der Waals surface area (Å²) >= 11 is 0. The van der Waals surface area contributed by atoms with Crippen molar-refractivity contribution in [3.63, 3.8) is 0 Å². The van der Waals surface area contributed by atoms with E-state index in [4.69, 9.17) is 0 Å². The van der Waals surface area contributed by atoms with E-state index in [1.807, 2.05) is 11.9 Å². The van der Waals surface area contributed by atoms with Gasteiger partial charge in [-0.3, -0.25) is 0 Å². The van der Waals surface area contributed by atoms with Crippen molar-refractivity contribution >= 4 is 9.84 Å². The molecule has 16 heavy (non-hydrogen) atoms. The molecule has 0 aromatic rings. The Kier molecular flexibility index (Phi) is 5.93. The molecule has 1 unspecified atom stereocenters. The Hall–Kier alpha value is -0.130. The molecule has 0 rings (SSSR count). The zero-order valence-corrected chi connectivity index (χ0v) is 12.2. The van der Waals surface area contributed by atoms with Gasteiger partial charge >= 0.3 is 0 Å². The van der Waals surface area contributed by atoms with Crippen LogP contribution in [-0.2, 0) is 9.84 Å². The molecule has 0 heterocycles. The zero-order valence-electron chi connectivity index (χ0n) is 11.4. The Bertz CT molecular complexity index is 294. The summed E-state index contributed by atoms with van der Waals surface area (Å²) < 4.78 is 22.5. The summed E-state index contributed by atoms with van der Waals surface area (Å²) in [5, 5.41) is 3.07. The Labute approximate surface area is 100 Å². The van der Waals surface area contributed by atoms with Gasteiger partial charge in [0.15, 0.2) is 9.84 Å². The van der Waals surface area contributed by atoms with Gasteiger partial charge in [-0.1, -0.05) is 0 Å². The van der Waals surface area contributed by atoms with Crippen LogP contribution in [0.1, 0.15) is 27.7 Å². The first-order valence-corrected chi connectivity index (χ1v) is 7.60. The normalized spacial score (nSPS) is 15.4. The second kappa shape index (κ2) is 5.98. The molecule has 98 valence electrons. The van der Waals surface area contributed by atoms with E-state index in [1.165, 1.54) is 6.26 Å². The molecule has 0 aliphatic heterocycles. The van der Waals surface area contributed by atoms with E-state index in [2.05, 4.69) is 26.1 Å². The van der Waals surface area contributed by atoms with E-state index >= 15 is 0 Å². The number of hydrogen-bond acceptors (Lipinski definition) is 4. The minimum absolute atomic E-state index is 0.114. The van der Waals surface area contributed by atoms with Crippen LogP contribution in [0.2, 0.25) is 0 Å². The highest BCUT2D eigenvalue weighted by molar-refractivity contribution is 7.91. The average molecular weight is 250 g/mol. The molecule has 0 saturated carbocycles. The van der Waals surface area contributed by atoms with Crippen molar-refractivity contribution in [3.8, 4) is 0 Å². The maximum absolute atomic E-state index is 11.3. The first kappa shape index (κ1) is 15.9. The van der Waals surface area contributed by atoms with Gasteiger partial charge in [-0.15, -0.1) is 0 Å². The summed E-state index contributed by atoms with van der Waals surface area (Å²) in [6.07, 6.45) is 1.29. The van der Waals surface area contributed by atoms with Gasteiger partial charge in [0, 0.05) is 31.4 Å². The summed E-state index contributed by atoms with van der Waals surface area (Å²) in [6.45, 7) is 10.4. The van der Waals surface area contributed by atoms with Gasteiger partial charge in [0.25, 0.3) is 0 Å². The lowest BCUT2D eigenvalue weighted by Crippen LogP contribution is -2.42. The summed E-state index contributed by atoms with van der Waals surface area (Å²) in [5.41, 5.74) is 0.114. The third kappa shape index (κ3) is 8.07. The number of nitrogens with zero attached hydrogens (tertiary/aromatic N) is 1. The van der Waals surface area contributed by atoms with Crippen LogP contribution in [0.3, 0.4) is 0 Å². The maximum atomic E-state index is 11.3. The molecular weight excluding hydrogens is 224 g/mol. The fraction of sp³-hybridized carbons (Fsp3) is 1.00. The third-order valence-electron chi connectivity index (χ3n) is 2.45. The molecule has 0 fully saturated rings. The average Bonchev–Trinajstić information content (AvgIpc) is 1.99. The summed E-state index contributed by atoms with van der Waals surface area (Å²) in [6, 6.07) is 0. The monoisotopic (exact) mass is 250 g/mol. The summed E-state index contributed by atoms with van der Waals surface area (Å²) in [5.74, 6) is 0. The Morgan fingerprint density at radius 3 is 2.19 bits per heavy atom. The highest BCUT2D eigenvalue weighted by atomic mass is 32.2. The SMILES string of the molecule is CC(CN(C)CCNC(C)(C)C)S(C)(=O)=O. The first-order chi connectivity index (χ1) is 7.02. The Balaban J connectivity index is 3.88. The second-order valence-electron chi connectivity index (χ2n) is 5.58. The molecule has 0 amide bonds. The minimum atomic E-state index is -2.91. The number of sulfone groups is 1. The van der Waals surface area contributed by atoms with Crippen LogP contribution < -0.4 is 5.32 Å². The van der Waals surface area contributed by atoms with Crippen LogP contribution in [0.25, 0.3) is 0 Å². The smallest absolute Gasteiger partial charge is 0.151 e. The van der Waals surface area contributed by atoms with Crippen molar-refractivity contribution in [1.29, 1.82) is 0 Å². The van der Waals surface area contributed by atoms with Crippen LogP contribution in [0.5, 0.6) is 0 Å². The van der Waals surface area contributed by atoms with Crippen molar-refractivity contribution in [1.82, 2.24) is 10.2 Å². The molecule has 0 spiro atoms. The minimum Gasteiger partial charge on any atom is -0.311 e. The van der Waals surface area contributed by atoms with Crippen LogP contribution >= 0.6 is 0 Å². The van der Waals surface area contributed by atoms with Crippen molar-refractivity contribution < 1.29 is 8.42 Å². The van der Waals surface area contributed by atoms with Gasteiger partial charge in [0.05, 0.1) is 5.25 Å². The number of likely N-dealkylation sites (N-methyl/N-ethyl adjacent to an activating group) is 1. The predicted molar refractivity (Wildman–Crippen MR) is 69.6 cm³/mol. The molecule has 0 radical (unpaired) electrons. The summed E-state index contributed by atoms with van der Waals surface area (Å²) in [7, 11) is -0.963. The molecule has 1 N–H and O–H groups in total. The van der Waals surface area contributed by atoms with Crippen LogP contribution in [0.4, 0.5) is 0 Å². The topological polar surface area (TPSA) is 49.4 Å². The molecule has 4 nitrogen and oxygen atoms in total. The second-order valence-corrected chi connectivity index (χ2v) is 8.04. The van der Waals surface area contributed by atoms with E-state index in [9.17, 15) is 8.42 Å². The van der Waals surface area contributed by atoms with E-state index in [-0.39, 0.29) is 10.8 Å². The van der Waals surface area contributed by atoms with Crippen molar-refractivity contribution in [2.45, 2.75) is 38.5 Å². The highest BCUT2D eigenvalue weighted by Gasteiger charge is 2.17.